The van der Waals surface area contributed by atoms with Crippen LogP contribution in [0.1, 0.15) is 24.4 Å². The van der Waals surface area contributed by atoms with Crippen LogP contribution in [0.3, 0.4) is 0 Å². The molecule has 1 unspecified atom stereocenters. The van der Waals surface area contributed by atoms with Crippen molar-refractivity contribution in [2.75, 3.05) is 27.9 Å². The van der Waals surface area contributed by atoms with Gasteiger partial charge in [0.25, 0.3) is 0 Å². The minimum atomic E-state index is 0.261. The van der Waals surface area contributed by atoms with Gasteiger partial charge in [0, 0.05) is 11.6 Å². The van der Waals surface area contributed by atoms with Crippen LogP contribution in [-0.4, -0.2) is 27.9 Å². The normalized spacial score (nSPS) is 18.8. The molecular formula is C13H18ClNO3. The highest BCUT2D eigenvalue weighted by Gasteiger charge is 2.26. The monoisotopic (exact) mass is 271 g/mol. The Kier molecular flexibility index (Phi) is 4.19. The summed E-state index contributed by atoms with van der Waals surface area (Å²) in [5.41, 5.74) is 1.03. The highest BCUT2D eigenvalue weighted by molar-refractivity contribution is 6.34. The first-order valence-electron chi connectivity index (χ1n) is 5.94. The molecular weight excluding hydrogens is 254 g/mol. The van der Waals surface area contributed by atoms with Crippen molar-refractivity contribution in [3.05, 3.63) is 16.7 Å². The van der Waals surface area contributed by atoms with E-state index in [9.17, 15) is 0 Å². The van der Waals surface area contributed by atoms with Crippen LogP contribution in [0.15, 0.2) is 6.07 Å². The number of methoxy groups -OCH3 is 3. The molecule has 1 aromatic carbocycles. The average molecular weight is 272 g/mol. The molecule has 0 amide bonds. The number of hydrogen-bond donors (Lipinski definition) is 1. The summed E-state index contributed by atoms with van der Waals surface area (Å²) in [6.07, 6.45) is 2.22. The number of halogens is 1. The largest absolute Gasteiger partial charge is 0.495 e. The number of nitrogens with one attached hydrogen (secondary N) is 1. The zero-order valence-electron chi connectivity index (χ0n) is 10.9. The molecule has 0 saturated carbocycles. The van der Waals surface area contributed by atoms with Gasteiger partial charge in [-0.1, -0.05) is 11.6 Å². The highest BCUT2D eigenvalue weighted by Crippen LogP contribution is 2.46. The lowest BCUT2D eigenvalue weighted by Gasteiger charge is -2.20. The Morgan fingerprint density at radius 3 is 2.39 bits per heavy atom. The van der Waals surface area contributed by atoms with Gasteiger partial charge in [-0.15, -0.1) is 0 Å². The van der Waals surface area contributed by atoms with Crippen molar-refractivity contribution in [2.45, 2.75) is 18.9 Å². The Bertz CT molecular complexity index is 431. The van der Waals surface area contributed by atoms with Gasteiger partial charge in [0.1, 0.15) is 10.8 Å². The van der Waals surface area contributed by atoms with Crippen molar-refractivity contribution in [3.63, 3.8) is 0 Å². The lowest BCUT2D eigenvalue weighted by molar-refractivity contribution is 0.346. The molecule has 0 spiro atoms. The number of benzene rings is 1. The van der Waals surface area contributed by atoms with E-state index in [2.05, 4.69) is 5.32 Å². The van der Waals surface area contributed by atoms with Gasteiger partial charge < -0.3 is 19.5 Å². The Morgan fingerprint density at radius 2 is 1.89 bits per heavy atom. The van der Waals surface area contributed by atoms with E-state index in [0.717, 1.165) is 24.9 Å². The molecule has 0 bridgehead atoms. The summed E-state index contributed by atoms with van der Waals surface area (Å²) in [7, 11) is 4.79. The second-order valence-electron chi connectivity index (χ2n) is 4.20. The van der Waals surface area contributed by atoms with Crippen molar-refractivity contribution < 1.29 is 14.2 Å². The van der Waals surface area contributed by atoms with Crippen molar-refractivity contribution in [1.29, 1.82) is 0 Å². The maximum absolute atomic E-state index is 6.32. The Hall–Kier alpha value is -1.13. The molecule has 1 aliphatic heterocycles. The third-order valence-corrected chi connectivity index (χ3v) is 3.58. The van der Waals surface area contributed by atoms with E-state index in [1.165, 1.54) is 0 Å². The lowest BCUT2D eigenvalue weighted by Crippen LogP contribution is -2.14. The molecule has 5 heteroatoms. The van der Waals surface area contributed by atoms with E-state index in [1.54, 1.807) is 21.3 Å². The van der Waals surface area contributed by atoms with E-state index in [-0.39, 0.29) is 6.04 Å². The van der Waals surface area contributed by atoms with Crippen LogP contribution in [0, 0.1) is 0 Å². The Morgan fingerprint density at radius 1 is 1.17 bits per heavy atom. The second kappa shape index (κ2) is 5.67. The molecule has 0 radical (unpaired) electrons. The summed E-state index contributed by atoms with van der Waals surface area (Å²) in [6, 6.07) is 2.20. The zero-order valence-corrected chi connectivity index (χ0v) is 11.6. The van der Waals surface area contributed by atoms with Gasteiger partial charge in [-0.25, -0.2) is 0 Å². The molecule has 4 nitrogen and oxygen atoms in total. The summed E-state index contributed by atoms with van der Waals surface area (Å²) in [4.78, 5) is 0. The van der Waals surface area contributed by atoms with Gasteiger partial charge in [0.15, 0.2) is 11.5 Å². The third kappa shape index (κ3) is 2.22. The Balaban J connectivity index is 2.53. The SMILES string of the molecule is COc1cc(C2CCCN2)c(OC)c(Cl)c1OC. The predicted octanol–water partition coefficient (Wildman–Crippen LogP) is 2.79. The molecule has 0 aliphatic carbocycles. The number of hydrogen-bond acceptors (Lipinski definition) is 4. The predicted molar refractivity (Wildman–Crippen MR) is 71.1 cm³/mol. The van der Waals surface area contributed by atoms with E-state index in [0.29, 0.717) is 22.3 Å². The van der Waals surface area contributed by atoms with Gasteiger partial charge in [-0.3, -0.25) is 0 Å². The third-order valence-electron chi connectivity index (χ3n) is 3.24. The quantitative estimate of drug-likeness (QED) is 0.914. The van der Waals surface area contributed by atoms with Crippen LogP contribution in [0.4, 0.5) is 0 Å². The Labute approximate surface area is 112 Å². The van der Waals surface area contributed by atoms with Crippen molar-refractivity contribution in [2.24, 2.45) is 0 Å². The minimum absolute atomic E-state index is 0.261. The van der Waals surface area contributed by atoms with E-state index in [1.807, 2.05) is 6.07 Å². The zero-order chi connectivity index (χ0) is 13.1. The summed E-state index contributed by atoms with van der Waals surface area (Å²) in [5.74, 6) is 1.80. The highest BCUT2D eigenvalue weighted by atomic mass is 35.5. The fraction of sp³-hybridized carbons (Fsp3) is 0.538. The van der Waals surface area contributed by atoms with E-state index in [4.69, 9.17) is 25.8 Å². The van der Waals surface area contributed by atoms with Crippen LogP contribution >= 0.6 is 11.6 Å². The molecule has 2 rings (SSSR count). The van der Waals surface area contributed by atoms with E-state index < -0.39 is 0 Å². The van der Waals surface area contributed by atoms with Crippen LogP contribution in [0.5, 0.6) is 17.2 Å². The molecule has 1 saturated heterocycles. The van der Waals surface area contributed by atoms with Gasteiger partial charge in [-0.2, -0.15) is 0 Å². The average Bonchev–Trinajstić information content (AvgIpc) is 2.91. The first kappa shape index (κ1) is 13.3. The van der Waals surface area contributed by atoms with Gasteiger partial charge in [-0.05, 0) is 25.5 Å². The molecule has 1 aromatic rings. The summed E-state index contributed by atoms with van der Waals surface area (Å²) in [5, 5.41) is 3.89. The molecule has 1 heterocycles. The lowest BCUT2D eigenvalue weighted by atomic mass is 10.0. The summed E-state index contributed by atoms with van der Waals surface area (Å²) in [6.45, 7) is 1.01. The standard InChI is InChI=1S/C13H18ClNO3/c1-16-10-7-8(9-5-4-6-15-9)12(17-2)11(14)13(10)18-3/h7,9,15H,4-6H2,1-3H3. The van der Waals surface area contributed by atoms with Gasteiger partial charge in [0.2, 0.25) is 0 Å². The first-order chi connectivity index (χ1) is 8.72. The fourth-order valence-electron chi connectivity index (χ4n) is 2.37. The van der Waals surface area contributed by atoms with Crippen LogP contribution in [0.25, 0.3) is 0 Å². The number of rotatable bonds is 4. The van der Waals surface area contributed by atoms with Crippen LogP contribution in [0.2, 0.25) is 5.02 Å². The maximum atomic E-state index is 6.32. The molecule has 1 fully saturated rings. The smallest absolute Gasteiger partial charge is 0.183 e. The molecule has 1 N–H and O–H groups in total. The molecule has 18 heavy (non-hydrogen) atoms. The van der Waals surface area contributed by atoms with Crippen LogP contribution < -0.4 is 19.5 Å². The molecule has 1 atom stereocenters. The summed E-state index contributed by atoms with van der Waals surface area (Å²) >= 11 is 6.32. The maximum Gasteiger partial charge on any atom is 0.183 e. The topological polar surface area (TPSA) is 39.7 Å². The van der Waals surface area contributed by atoms with Crippen molar-refractivity contribution >= 4 is 11.6 Å². The summed E-state index contributed by atoms with van der Waals surface area (Å²) < 4.78 is 16.0. The fourth-order valence-corrected chi connectivity index (χ4v) is 2.72. The molecule has 100 valence electrons. The van der Waals surface area contributed by atoms with Crippen molar-refractivity contribution in [1.82, 2.24) is 5.32 Å². The van der Waals surface area contributed by atoms with Crippen LogP contribution in [-0.2, 0) is 0 Å². The second-order valence-corrected chi connectivity index (χ2v) is 4.58. The molecule has 1 aliphatic rings. The van der Waals surface area contributed by atoms with E-state index >= 15 is 0 Å². The van der Waals surface area contributed by atoms with Gasteiger partial charge >= 0.3 is 0 Å². The first-order valence-corrected chi connectivity index (χ1v) is 6.32. The minimum Gasteiger partial charge on any atom is -0.495 e. The van der Waals surface area contributed by atoms with Gasteiger partial charge in [0.05, 0.1) is 21.3 Å². The van der Waals surface area contributed by atoms with Crippen molar-refractivity contribution in [3.8, 4) is 17.2 Å². The number of ether oxygens (including phenoxy) is 3. The molecule has 0 aromatic heterocycles.